The third kappa shape index (κ3) is 3.37. The number of alkyl halides is 3. The molecule has 122 valence electrons. The van der Waals surface area contributed by atoms with E-state index >= 15 is 0 Å². The molecular formula is C14H14F5NO2. The molecule has 1 fully saturated rings. The predicted octanol–water partition coefficient (Wildman–Crippen LogP) is 2.42. The maximum Gasteiger partial charge on any atom is 0.417 e. The molecule has 1 N–H and O–H groups in total. The molecule has 0 bridgehead atoms. The topological polar surface area (TPSA) is 40.5 Å². The van der Waals surface area contributed by atoms with Crippen molar-refractivity contribution >= 4 is 5.91 Å². The fourth-order valence-corrected chi connectivity index (χ4v) is 2.35. The van der Waals surface area contributed by atoms with Gasteiger partial charge in [0.1, 0.15) is 11.6 Å². The highest BCUT2D eigenvalue weighted by molar-refractivity contribution is 5.79. The molecule has 22 heavy (non-hydrogen) atoms. The maximum atomic E-state index is 13.5. The molecule has 0 aliphatic carbocycles. The van der Waals surface area contributed by atoms with Crippen LogP contribution in [0.25, 0.3) is 0 Å². The van der Waals surface area contributed by atoms with Crippen molar-refractivity contribution in [3.63, 3.8) is 0 Å². The minimum atomic E-state index is -4.74. The number of hydrogen-bond acceptors (Lipinski definition) is 2. The van der Waals surface area contributed by atoms with Crippen molar-refractivity contribution in [1.29, 1.82) is 0 Å². The van der Waals surface area contributed by atoms with Gasteiger partial charge in [0, 0.05) is 32.0 Å². The van der Waals surface area contributed by atoms with Crippen LogP contribution in [0.5, 0.6) is 0 Å². The van der Waals surface area contributed by atoms with E-state index in [0.717, 1.165) is 17.0 Å². The quantitative estimate of drug-likeness (QED) is 0.849. The molecule has 1 saturated heterocycles. The summed E-state index contributed by atoms with van der Waals surface area (Å²) in [5.41, 5.74) is -2.81. The van der Waals surface area contributed by atoms with Gasteiger partial charge in [0.2, 0.25) is 5.91 Å². The lowest BCUT2D eigenvalue weighted by atomic mass is 9.90. The van der Waals surface area contributed by atoms with Gasteiger partial charge < -0.3 is 10.0 Å². The number of halogens is 5. The van der Waals surface area contributed by atoms with Gasteiger partial charge in [-0.3, -0.25) is 4.79 Å². The average Bonchev–Trinajstić information content (AvgIpc) is 2.41. The van der Waals surface area contributed by atoms with E-state index in [9.17, 15) is 31.9 Å². The third-order valence-corrected chi connectivity index (χ3v) is 3.83. The number of piperidine rings is 1. The number of benzene rings is 1. The Balaban J connectivity index is 1.98. The second-order valence-electron chi connectivity index (χ2n) is 5.32. The first-order chi connectivity index (χ1) is 10.1. The first kappa shape index (κ1) is 16.7. The average molecular weight is 323 g/mol. The monoisotopic (exact) mass is 323 g/mol. The zero-order valence-corrected chi connectivity index (χ0v) is 11.5. The van der Waals surface area contributed by atoms with Crippen LogP contribution in [0.3, 0.4) is 0 Å². The summed E-state index contributed by atoms with van der Waals surface area (Å²) in [6.07, 6.45) is -6.34. The van der Waals surface area contributed by atoms with E-state index in [4.69, 9.17) is 0 Å². The van der Waals surface area contributed by atoms with Gasteiger partial charge in [-0.05, 0) is 11.6 Å². The fourth-order valence-electron chi connectivity index (χ4n) is 2.35. The molecule has 0 saturated carbocycles. The van der Waals surface area contributed by atoms with Crippen LogP contribution in [0.1, 0.15) is 18.4 Å². The Hall–Kier alpha value is -1.70. The Morgan fingerprint density at radius 3 is 2.32 bits per heavy atom. The first-order valence-electron chi connectivity index (χ1n) is 6.63. The van der Waals surface area contributed by atoms with Gasteiger partial charge in [0.25, 0.3) is 0 Å². The summed E-state index contributed by atoms with van der Waals surface area (Å²) >= 11 is 0. The van der Waals surface area contributed by atoms with Crippen molar-refractivity contribution < 1.29 is 31.9 Å². The number of rotatable bonds is 2. The Kier molecular flexibility index (Phi) is 4.42. The minimum Gasteiger partial charge on any atom is -0.380 e. The Labute approximate surface area is 123 Å². The summed E-state index contributed by atoms with van der Waals surface area (Å²) < 4.78 is 64.2. The number of hydrogen-bond donors (Lipinski definition) is 1. The Morgan fingerprint density at radius 2 is 1.82 bits per heavy atom. The van der Waals surface area contributed by atoms with Crippen molar-refractivity contribution in [2.45, 2.75) is 31.0 Å². The highest BCUT2D eigenvalue weighted by Crippen LogP contribution is 2.38. The van der Waals surface area contributed by atoms with Gasteiger partial charge in [-0.2, -0.15) is 13.2 Å². The highest BCUT2D eigenvalue weighted by atomic mass is 19.4. The summed E-state index contributed by atoms with van der Waals surface area (Å²) in [5, 5.41) is 9.51. The van der Waals surface area contributed by atoms with E-state index in [1.165, 1.54) is 0 Å². The zero-order valence-electron chi connectivity index (χ0n) is 11.5. The largest absolute Gasteiger partial charge is 0.417 e. The van der Waals surface area contributed by atoms with E-state index in [0.29, 0.717) is 6.07 Å². The molecule has 1 amide bonds. The van der Waals surface area contributed by atoms with Crippen LogP contribution in [-0.4, -0.2) is 40.8 Å². The lowest BCUT2D eigenvalue weighted by Crippen LogP contribution is -2.54. The fraction of sp³-hybridized carbons (Fsp3) is 0.500. The van der Waals surface area contributed by atoms with E-state index in [1.54, 1.807) is 0 Å². The van der Waals surface area contributed by atoms with Crippen LogP contribution in [0.4, 0.5) is 22.0 Å². The molecule has 0 aromatic heterocycles. The Bertz CT molecular complexity index is 565. The second-order valence-corrected chi connectivity index (χ2v) is 5.32. The molecule has 3 nitrogen and oxygen atoms in total. The SMILES string of the molecule is O=C(Cc1ccc(F)cc1F)N1CCC(O)(C(F)(F)F)CC1. The number of nitrogens with zero attached hydrogens (tertiary/aromatic N) is 1. The summed E-state index contributed by atoms with van der Waals surface area (Å²) in [6.45, 7) is -0.532. The van der Waals surface area contributed by atoms with E-state index < -0.39 is 42.2 Å². The van der Waals surface area contributed by atoms with Gasteiger partial charge in [0.15, 0.2) is 5.60 Å². The van der Waals surface area contributed by atoms with Crippen LogP contribution in [0, 0.1) is 11.6 Å². The molecule has 1 aliphatic heterocycles. The van der Waals surface area contributed by atoms with E-state index in [2.05, 4.69) is 0 Å². The molecule has 0 atom stereocenters. The maximum absolute atomic E-state index is 13.5. The van der Waals surface area contributed by atoms with Gasteiger partial charge in [-0.15, -0.1) is 0 Å². The van der Waals surface area contributed by atoms with Gasteiger partial charge in [0.05, 0.1) is 6.42 Å². The summed E-state index contributed by atoms with van der Waals surface area (Å²) in [7, 11) is 0. The minimum absolute atomic E-state index is 0.0249. The van der Waals surface area contributed by atoms with Gasteiger partial charge in [-0.25, -0.2) is 8.78 Å². The van der Waals surface area contributed by atoms with Crippen molar-refractivity contribution in [3.05, 3.63) is 35.4 Å². The van der Waals surface area contributed by atoms with Crippen LogP contribution in [0.2, 0.25) is 0 Å². The van der Waals surface area contributed by atoms with Gasteiger partial charge >= 0.3 is 6.18 Å². The van der Waals surface area contributed by atoms with Gasteiger partial charge in [-0.1, -0.05) is 6.07 Å². The number of likely N-dealkylation sites (tertiary alicyclic amines) is 1. The molecule has 2 rings (SSSR count). The highest BCUT2D eigenvalue weighted by Gasteiger charge is 2.54. The van der Waals surface area contributed by atoms with E-state index in [-0.39, 0.29) is 25.1 Å². The number of amides is 1. The number of aliphatic hydroxyl groups is 1. The zero-order chi connectivity index (χ0) is 16.5. The van der Waals surface area contributed by atoms with Crippen LogP contribution < -0.4 is 0 Å². The summed E-state index contributed by atoms with van der Waals surface area (Å²) in [4.78, 5) is 13.1. The second kappa shape index (κ2) is 5.83. The first-order valence-corrected chi connectivity index (χ1v) is 6.63. The summed E-state index contributed by atoms with van der Waals surface area (Å²) in [6, 6.07) is 2.77. The molecule has 0 radical (unpaired) electrons. The molecule has 1 aliphatic rings. The molecule has 1 heterocycles. The van der Waals surface area contributed by atoms with E-state index in [1.807, 2.05) is 0 Å². The lowest BCUT2D eigenvalue weighted by Gasteiger charge is -2.39. The van der Waals surface area contributed by atoms with Crippen molar-refractivity contribution in [1.82, 2.24) is 4.90 Å². The molecule has 1 aromatic rings. The van der Waals surface area contributed by atoms with Crippen LogP contribution >= 0.6 is 0 Å². The van der Waals surface area contributed by atoms with Crippen LogP contribution in [0.15, 0.2) is 18.2 Å². The Morgan fingerprint density at radius 1 is 1.23 bits per heavy atom. The smallest absolute Gasteiger partial charge is 0.380 e. The molecule has 0 unspecified atom stereocenters. The molecule has 1 aromatic carbocycles. The van der Waals surface area contributed by atoms with Crippen LogP contribution in [-0.2, 0) is 11.2 Å². The molecular weight excluding hydrogens is 309 g/mol. The van der Waals surface area contributed by atoms with Crippen molar-refractivity contribution in [3.8, 4) is 0 Å². The molecule has 8 heteroatoms. The molecule has 0 spiro atoms. The van der Waals surface area contributed by atoms with Crippen molar-refractivity contribution in [2.75, 3.05) is 13.1 Å². The standard InChI is InChI=1S/C14H14F5NO2/c15-10-2-1-9(11(16)8-10)7-12(21)20-5-3-13(22,4-6-20)14(17,18)19/h1-2,8,22H,3-7H2. The predicted molar refractivity (Wildman–Crippen MR) is 66.9 cm³/mol. The van der Waals surface area contributed by atoms with Crippen molar-refractivity contribution in [2.24, 2.45) is 0 Å². The number of carbonyl (C=O) groups is 1. The lowest BCUT2D eigenvalue weighted by molar-refractivity contribution is -0.272. The third-order valence-electron chi connectivity index (χ3n) is 3.83. The normalized spacial score (nSPS) is 18.4. The summed E-state index contributed by atoms with van der Waals surface area (Å²) in [5.74, 6) is -2.21. The number of carbonyl (C=O) groups excluding carboxylic acids is 1.